The van der Waals surface area contributed by atoms with Gasteiger partial charge in [0.1, 0.15) is 23.3 Å². The van der Waals surface area contributed by atoms with Crippen LogP contribution in [-0.2, 0) is 0 Å². The maximum atomic E-state index is 5.24. The molecular weight excluding hydrogens is 617 g/mol. The van der Waals surface area contributed by atoms with E-state index in [9.17, 15) is 0 Å². The predicted octanol–water partition coefficient (Wildman–Crippen LogP) is 10.1. The lowest BCUT2D eigenvalue weighted by Crippen LogP contribution is -2.12. The van der Waals surface area contributed by atoms with E-state index in [0.717, 1.165) is 68.2 Å². The van der Waals surface area contributed by atoms with Crippen LogP contribution in [0, 0.1) is 13.8 Å². The summed E-state index contributed by atoms with van der Waals surface area (Å²) in [7, 11) is 0. The molecule has 0 unspecified atom stereocenters. The van der Waals surface area contributed by atoms with Crippen molar-refractivity contribution in [2.24, 2.45) is 0 Å². The molecule has 8 rings (SSSR count). The molecule has 0 aliphatic rings. The van der Waals surface area contributed by atoms with Crippen molar-refractivity contribution in [1.82, 2.24) is 29.9 Å². The first-order valence-corrected chi connectivity index (χ1v) is 16.4. The zero-order chi connectivity index (χ0) is 33.9. The first-order chi connectivity index (χ1) is 24.6. The molecule has 240 valence electrons. The molecule has 8 nitrogen and oxygen atoms in total. The van der Waals surface area contributed by atoms with Crippen molar-refractivity contribution < 1.29 is 0 Å². The van der Waals surface area contributed by atoms with Crippen LogP contribution in [0.25, 0.3) is 33.5 Å². The summed E-state index contributed by atoms with van der Waals surface area (Å²) in [4.78, 5) is 33.1. The van der Waals surface area contributed by atoms with Gasteiger partial charge in [0.15, 0.2) is 0 Å². The fraction of sp³-hybridized carbons (Fsp3) is 0.0476. The molecule has 0 radical (unpaired) electrons. The topological polar surface area (TPSA) is 83.8 Å². The zero-order valence-electron chi connectivity index (χ0n) is 27.6. The molecule has 0 amide bonds. The third-order valence-corrected chi connectivity index (χ3v) is 8.59. The average molecular weight is 649 g/mol. The Bertz CT molecular complexity index is 2120. The molecule has 8 aromatic rings. The SMILES string of the molecule is Cc1cc2nc(-c3ccc(N(c4ccccn4)c4ccccn4)cc3)c(-c3ccc(N(c4ccccn4)c4ccccn4)cc3)nc2cc1C. The third-order valence-electron chi connectivity index (χ3n) is 8.59. The van der Waals surface area contributed by atoms with E-state index >= 15 is 0 Å². The molecule has 8 heteroatoms. The van der Waals surface area contributed by atoms with Gasteiger partial charge in [-0.25, -0.2) is 29.9 Å². The Balaban J connectivity index is 1.23. The van der Waals surface area contributed by atoms with Gasteiger partial charge < -0.3 is 0 Å². The fourth-order valence-corrected chi connectivity index (χ4v) is 5.96. The zero-order valence-corrected chi connectivity index (χ0v) is 27.6. The molecule has 0 saturated carbocycles. The maximum Gasteiger partial charge on any atom is 0.138 e. The molecular formula is C42H32N8. The summed E-state index contributed by atoms with van der Waals surface area (Å²) >= 11 is 0. The van der Waals surface area contributed by atoms with Crippen molar-refractivity contribution in [2.45, 2.75) is 13.8 Å². The van der Waals surface area contributed by atoms with E-state index in [0.29, 0.717) is 0 Å². The van der Waals surface area contributed by atoms with Crippen molar-refractivity contribution >= 4 is 45.7 Å². The summed E-state index contributed by atoms with van der Waals surface area (Å²) in [6, 6.07) is 44.4. The standard InChI is InChI=1S/C42H32N8/c1-29-27-35-36(28-30(29)2)48-42(32-17-21-34(22-18-32)50(39-13-5-9-25-45-39)40-14-6-10-26-46-40)41(47-35)31-15-19-33(20-16-31)49(37-11-3-7-23-43-37)38-12-4-8-24-44-38/h3-28H,1-2H3. The molecule has 50 heavy (non-hydrogen) atoms. The van der Waals surface area contributed by atoms with E-state index < -0.39 is 0 Å². The molecule has 0 bridgehead atoms. The van der Waals surface area contributed by atoms with E-state index in [4.69, 9.17) is 9.97 Å². The van der Waals surface area contributed by atoms with Crippen LogP contribution in [0.1, 0.15) is 11.1 Å². The molecule has 0 saturated heterocycles. The number of hydrogen-bond donors (Lipinski definition) is 0. The molecule has 0 aliphatic carbocycles. The Hall–Kier alpha value is -6.80. The van der Waals surface area contributed by atoms with Crippen LogP contribution in [0.2, 0.25) is 0 Å². The molecule has 0 aliphatic heterocycles. The van der Waals surface area contributed by atoms with Crippen LogP contribution >= 0.6 is 0 Å². The first kappa shape index (κ1) is 30.5. The number of benzene rings is 3. The number of hydrogen-bond acceptors (Lipinski definition) is 8. The highest BCUT2D eigenvalue weighted by molar-refractivity contribution is 5.88. The summed E-state index contributed by atoms with van der Waals surface area (Å²) in [5.41, 5.74) is 9.42. The van der Waals surface area contributed by atoms with Gasteiger partial charge >= 0.3 is 0 Å². The van der Waals surface area contributed by atoms with Gasteiger partial charge in [0.2, 0.25) is 0 Å². The van der Waals surface area contributed by atoms with E-state index in [1.165, 1.54) is 11.1 Å². The highest BCUT2D eigenvalue weighted by atomic mass is 15.2. The van der Waals surface area contributed by atoms with Gasteiger partial charge in [-0.1, -0.05) is 48.5 Å². The second kappa shape index (κ2) is 13.4. The highest BCUT2D eigenvalue weighted by Gasteiger charge is 2.19. The van der Waals surface area contributed by atoms with E-state index in [1.807, 2.05) is 82.6 Å². The van der Waals surface area contributed by atoms with E-state index in [-0.39, 0.29) is 0 Å². The number of nitrogens with zero attached hydrogens (tertiary/aromatic N) is 8. The van der Waals surface area contributed by atoms with Crippen LogP contribution in [-0.4, -0.2) is 29.9 Å². The molecule has 5 aromatic heterocycles. The van der Waals surface area contributed by atoms with Crippen molar-refractivity contribution in [1.29, 1.82) is 0 Å². The van der Waals surface area contributed by atoms with Crippen LogP contribution in [0.5, 0.6) is 0 Å². The van der Waals surface area contributed by atoms with E-state index in [2.05, 4.69) is 94.4 Å². The van der Waals surface area contributed by atoms with Crippen molar-refractivity contribution in [3.63, 3.8) is 0 Å². The normalized spacial score (nSPS) is 11.0. The number of aromatic nitrogens is 6. The summed E-state index contributed by atoms with van der Waals surface area (Å²) in [6.07, 6.45) is 7.16. The quantitative estimate of drug-likeness (QED) is 0.161. The summed E-state index contributed by atoms with van der Waals surface area (Å²) in [5.74, 6) is 3.12. The van der Waals surface area contributed by atoms with Crippen molar-refractivity contribution in [3.05, 3.63) is 169 Å². The Morgan fingerprint density at radius 1 is 0.380 bits per heavy atom. The van der Waals surface area contributed by atoms with Gasteiger partial charge in [-0.3, -0.25) is 9.80 Å². The minimum absolute atomic E-state index is 0.779. The number of aryl methyl sites for hydroxylation is 2. The molecule has 5 heterocycles. The van der Waals surface area contributed by atoms with Gasteiger partial charge in [0, 0.05) is 47.3 Å². The van der Waals surface area contributed by atoms with Crippen LogP contribution in [0.15, 0.2) is 158 Å². The number of rotatable bonds is 8. The maximum absolute atomic E-state index is 5.24. The monoisotopic (exact) mass is 648 g/mol. The van der Waals surface area contributed by atoms with Gasteiger partial charge in [-0.15, -0.1) is 0 Å². The largest absolute Gasteiger partial charge is 0.279 e. The number of pyridine rings is 4. The second-order valence-corrected chi connectivity index (χ2v) is 11.9. The van der Waals surface area contributed by atoms with Gasteiger partial charge in [-0.2, -0.15) is 0 Å². The fourth-order valence-electron chi connectivity index (χ4n) is 5.96. The van der Waals surface area contributed by atoms with Crippen LogP contribution in [0.4, 0.5) is 34.6 Å². The summed E-state index contributed by atoms with van der Waals surface area (Å²) in [5, 5.41) is 0. The molecule has 3 aromatic carbocycles. The Morgan fingerprint density at radius 3 is 0.980 bits per heavy atom. The minimum atomic E-state index is 0.779. The number of fused-ring (bicyclic) bond motifs is 1. The Labute approximate surface area is 290 Å². The lowest BCUT2D eigenvalue weighted by Gasteiger charge is -2.23. The third kappa shape index (κ3) is 6.02. The predicted molar refractivity (Wildman–Crippen MR) is 200 cm³/mol. The van der Waals surface area contributed by atoms with Crippen molar-refractivity contribution in [2.75, 3.05) is 9.80 Å². The smallest absolute Gasteiger partial charge is 0.138 e. The second-order valence-electron chi connectivity index (χ2n) is 11.9. The molecule has 0 N–H and O–H groups in total. The number of anilines is 6. The average Bonchev–Trinajstić information content (AvgIpc) is 3.17. The summed E-state index contributed by atoms with van der Waals surface area (Å²) in [6.45, 7) is 4.21. The minimum Gasteiger partial charge on any atom is -0.279 e. The molecule has 0 atom stereocenters. The highest BCUT2D eigenvalue weighted by Crippen LogP contribution is 2.38. The van der Waals surface area contributed by atoms with Crippen molar-refractivity contribution in [3.8, 4) is 22.5 Å². The Morgan fingerprint density at radius 2 is 0.700 bits per heavy atom. The molecule has 0 fully saturated rings. The van der Waals surface area contributed by atoms with Crippen LogP contribution in [0.3, 0.4) is 0 Å². The van der Waals surface area contributed by atoms with Gasteiger partial charge in [-0.05, 0) is 110 Å². The van der Waals surface area contributed by atoms with Gasteiger partial charge in [0.25, 0.3) is 0 Å². The lowest BCUT2D eigenvalue weighted by atomic mass is 10.0. The first-order valence-electron chi connectivity index (χ1n) is 16.4. The van der Waals surface area contributed by atoms with Crippen LogP contribution < -0.4 is 9.80 Å². The summed E-state index contributed by atoms with van der Waals surface area (Å²) < 4.78 is 0. The molecule has 0 spiro atoms. The lowest BCUT2D eigenvalue weighted by molar-refractivity contribution is 1.12. The van der Waals surface area contributed by atoms with E-state index in [1.54, 1.807) is 24.8 Å². The van der Waals surface area contributed by atoms with Gasteiger partial charge in [0.05, 0.1) is 22.4 Å². The Kier molecular flexibility index (Phi) is 8.16.